The summed E-state index contributed by atoms with van der Waals surface area (Å²) in [6.07, 6.45) is 0.788. The molecular formula is C18H29NO3. The molecule has 1 rings (SSSR count). The number of hydrogen-bond acceptors (Lipinski definition) is 3. The molecule has 0 saturated heterocycles. The Bertz CT molecular complexity index is 509. The second kappa shape index (κ2) is 7.52. The van der Waals surface area contributed by atoms with E-state index in [0.29, 0.717) is 12.5 Å². The van der Waals surface area contributed by atoms with Gasteiger partial charge in [-0.05, 0) is 30.0 Å². The van der Waals surface area contributed by atoms with Crippen LogP contribution in [0.2, 0.25) is 0 Å². The summed E-state index contributed by atoms with van der Waals surface area (Å²) >= 11 is 0. The van der Waals surface area contributed by atoms with Gasteiger partial charge in [-0.3, -0.25) is 4.79 Å². The lowest BCUT2D eigenvalue weighted by Crippen LogP contribution is -2.42. The molecule has 124 valence electrons. The predicted octanol–water partition coefficient (Wildman–Crippen LogP) is 3.39. The first-order valence-electron chi connectivity index (χ1n) is 7.70. The molecule has 1 amide bonds. The number of carbonyl (C=O) groups excluding carboxylic acids is 1. The fourth-order valence-corrected chi connectivity index (χ4v) is 2.17. The molecule has 0 bridgehead atoms. The Kier molecular flexibility index (Phi) is 6.27. The van der Waals surface area contributed by atoms with Crippen molar-refractivity contribution in [2.45, 2.75) is 34.1 Å². The molecule has 0 aliphatic rings. The van der Waals surface area contributed by atoms with Gasteiger partial charge in [-0.1, -0.05) is 33.8 Å². The van der Waals surface area contributed by atoms with Gasteiger partial charge in [0.25, 0.3) is 0 Å². The fraction of sp³-hybridized carbons (Fsp3) is 0.611. The van der Waals surface area contributed by atoms with E-state index >= 15 is 0 Å². The van der Waals surface area contributed by atoms with Gasteiger partial charge in [0.05, 0.1) is 14.2 Å². The molecule has 22 heavy (non-hydrogen) atoms. The molecule has 0 unspecified atom stereocenters. The van der Waals surface area contributed by atoms with Crippen LogP contribution in [0.3, 0.4) is 0 Å². The quantitative estimate of drug-likeness (QED) is 0.775. The summed E-state index contributed by atoms with van der Waals surface area (Å²) in [6, 6.07) is 5.87. The van der Waals surface area contributed by atoms with Crippen molar-refractivity contribution in [1.29, 1.82) is 0 Å². The summed E-state index contributed by atoms with van der Waals surface area (Å²) in [6.45, 7) is 8.87. The van der Waals surface area contributed by atoms with Gasteiger partial charge in [-0.2, -0.15) is 0 Å². The maximum Gasteiger partial charge on any atom is 0.228 e. The molecule has 4 heteroatoms. The molecule has 1 aromatic carbocycles. The van der Waals surface area contributed by atoms with E-state index in [1.54, 1.807) is 14.2 Å². The topological polar surface area (TPSA) is 38.8 Å². The first kappa shape index (κ1) is 18.3. The summed E-state index contributed by atoms with van der Waals surface area (Å²) in [7, 11) is 5.12. The molecule has 0 aromatic heterocycles. The van der Waals surface area contributed by atoms with Gasteiger partial charge in [-0.25, -0.2) is 0 Å². The normalized spacial score (nSPS) is 11.5. The number of nitrogens with zero attached hydrogens (tertiary/aromatic N) is 1. The van der Waals surface area contributed by atoms with Crippen molar-refractivity contribution in [3.05, 3.63) is 23.8 Å². The van der Waals surface area contributed by atoms with Crippen LogP contribution in [-0.2, 0) is 11.2 Å². The number of ether oxygens (including phenoxy) is 2. The van der Waals surface area contributed by atoms with Crippen LogP contribution in [-0.4, -0.2) is 38.6 Å². The minimum absolute atomic E-state index is 0.183. The lowest BCUT2D eigenvalue weighted by Gasteiger charge is -2.32. The van der Waals surface area contributed by atoms with Crippen LogP contribution < -0.4 is 9.47 Å². The largest absolute Gasteiger partial charge is 0.493 e. The van der Waals surface area contributed by atoms with E-state index in [4.69, 9.17) is 9.47 Å². The minimum Gasteiger partial charge on any atom is -0.493 e. The summed E-state index contributed by atoms with van der Waals surface area (Å²) < 4.78 is 10.5. The zero-order chi connectivity index (χ0) is 16.9. The van der Waals surface area contributed by atoms with E-state index in [2.05, 4.69) is 13.8 Å². The van der Waals surface area contributed by atoms with Crippen LogP contribution in [0.15, 0.2) is 18.2 Å². The highest BCUT2D eigenvalue weighted by molar-refractivity contribution is 5.82. The molecule has 0 radical (unpaired) electrons. The van der Waals surface area contributed by atoms with E-state index in [-0.39, 0.29) is 11.3 Å². The minimum atomic E-state index is -0.341. The highest BCUT2D eigenvalue weighted by atomic mass is 16.5. The number of methoxy groups -OCH3 is 2. The molecule has 4 nitrogen and oxygen atoms in total. The van der Waals surface area contributed by atoms with Crippen LogP contribution >= 0.6 is 0 Å². The second-order valence-electron chi connectivity index (χ2n) is 6.54. The number of carbonyl (C=O) groups is 1. The SMILES string of the molecule is COc1ccc(CCN(C)C(=O)C(C)(C)C(C)C)cc1OC. The van der Waals surface area contributed by atoms with Crippen LogP contribution in [0.1, 0.15) is 33.3 Å². The number of likely N-dealkylation sites (N-methyl/N-ethyl adjacent to an activating group) is 1. The Morgan fingerprint density at radius 3 is 2.27 bits per heavy atom. The number of rotatable bonds is 7. The summed E-state index contributed by atoms with van der Waals surface area (Å²) in [5.74, 6) is 1.93. The molecule has 0 heterocycles. The Morgan fingerprint density at radius 2 is 1.77 bits per heavy atom. The third-order valence-corrected chi connectivity index (χ3v) is 4.53. The lowest BCUT2D eigenvalue weighted by atomic mass is 9.80. The average Bonchev–Trinajstić information content (AvgIpc) is 2.51. The molecule has 0 aliphatic heterocycles. The van der Waals surface area contributed by atoms with E-state index in [1.165, 1.54) is 0 Å². The van der Waals surface area contributed by atoms with Gasteiger partial charge in [0, 0.05) is 19.0 Å². The zero-order valence-corrected chi connectivity index (χ0v) is 14.9. The number of benzene rings is 1. The number of hydrogen-bond donors (Lipinski definition) is 0. The predicted molar refractivity (Wildman–Crippen MR) is 89.5 cm³/mol. The summed E-state index contributed by atoms with van der Waals surface area (Å²) in [5.41, 5.74) is 0.784. The van der Waals surface area contributed by atoms with Crippen LogP contribution in [0.5, 0.6) is 11.5 Å². The van der Waals surface area contributed by atoms with Gasteiger partial charge < -0.3 is 14.4 Å². The van der Waals surface area contributed by atoms with Crippen molar-refractivity contribution in [3.63, 3.8) is 0 Å². The first-order chi connectivity index (χ1) is 10.2. The van der Waals surface area contributed by atoms with Crippen molar-refractivity contribution in [3.8, 4) is 11.5 Å². The lowest BCUT2D eigenvalue weighted by molar-refractivity contribution is -0.141. The molecule has 0 N–H and O–H groups in total. The highest BCUT2D eigenvalue weighted by Crippen LogP contribution is 2.29. The molecule has 0 saturated carbocycles. The molecular weight excluding hydrogens is 278 g/mol. The van der Waals surface area contributed by atoms with E-state index in [9.17, 15) is 4.79 Å². The van der Waals surface area contributed by atoms with Gasteiger partial charge in [0.1, 0.15) is 0 Å². The van der Waals surface area contributed by atoms with E-state index < -0.39 is 0 Å². The van der Waals surface area contributed by atoms with Crippen molar-refractivity contribution in [2.75, 3.05) is 27.8 Å². The third-order valence-electron chi connectivity index (χ3n) is 4.53. The van der Waals surface area contributed by atoms with E-state index in [1.807, 2.05) is 44.0 Å². The van der Waals surface area contributed by atoms with Gasteiger partial charge >= 0.3 is 0 Å². The fourth-order valence-electron chi connectivity index (χ4n) is 2.17. The summed E-state index contributed by atoms with van der Waals surface area (Å²) in [4.78, 5) is 14.3. The monoisotopic (exact) mass is 307 g/mol. The molecule has 0 spiro atoms. The van der Waals surface area contributed by atoms with Crippen LogP contribution in [0.4, 0.5) is 0 Å². The third kappa shape index (κ3) is 4.15. The zero-order valence-electron chi connectivity index (χ0n) is 14.9. The first-order valence-corrected chi connectivity index (χ1v) is 7.70. The van der Waals surface area contributed by atoms with Gasteiger partial charge in [-0.15, -0.1) is 0 Å². The van der Waals surface area contributed by atoms with Gasteiger partial charge in [0.15, 0.2) is 11.5 Å². The van der Waals surface area contributed by atoms with Crippen molar-refractivity contribution < 1.29 is 14.3 Å². The molecule has 1 aromatic rings. The summed E-state index contributed by atoms with van der Waals surface area (Å²) in [5, 5.41) is 0. The van der Waals surface area contributed by atoms with Crippen LogP contribution in [0.25, 0.3) is 0 Å². The van der Waals surface area contributed by atoms with Gasteiger partial charge in [0.2, 0.25) is 5.91 Å². The Labute approximate surface area is 134 Å². The standard InChI is InChI=1S/C18H29NO3/c1-13(2)18(3,4)17(20)19(5)11-10-14-8-9-15(21-6)16(12-14)22-7/h8-9,12-13H,10-11H2,1-7H3. The van der Waals surface area contributed by atoms with Crippen molar-refractivity contribution in [1.82, 2.24) is 4.90 Å². The smallest absolute Gasteiger partial charge is 0.228 e. The molecule has 0 fully saturated rings. The molecule has 0 aliphatic carbocycles. The number of amides is 1. The maximum atomic E-state index is 12.5. The maximum absolute atomic E-state index is 12.5. The highest BCUT2D eigenvalue weighted by Gasteiger charge is 2.33. The molecule has 0 atom stereocenters. The Morgan fingerprint density at radius 1 is 1.18 bits per heavy atom. The van der Waals surface area contributed by atoms with Crippen LogP contribution in [0, 0.1) is 11.3 Å². The van der Waals surface area contributed by atoms with Crippen molar-refractivity contribution in [2.24, 2.45) is 11.3 Å². The Hall–Kier alpha value is -1.71. The second-order valence-corrected chi connectivity index (χ2v) is 6.54. The van der Waals surface area contributed by atoms with E-state index in [0.717, 1.165) is 23.5 Å². The Balaban J connectivity index is 2.72. The van der Waals surface area contributed by atoms with Crippen molar-refractivity contribution >= 4 is 5.91 Å². The average molecular weight is 307 g/mol.